The van der Waals surface area contributed by atoms with E-state index in [1.165, 1.54) is 12.1 Å². The van der Waals surface area contributed by atoms with E-state index in [4.69, 9.17) is 9.84 Å². The van der Waals surface area contributed by atoms with Gasteiger partial charge in [0.1, 0.15) is 12.4 Å². The number of nitrogens with one attached hydrogen (secondary N) is 1. The molecule has 0 aromatic heterocycles. The lowest BCUT2D eigenvalue weighted by Crippen LogP contribution is -2.19. The monoisotopic (exact) mass is 279 g/mol. The van der Waals surface area contributed by atoms with Crippen molar-refractivity contribution in [2.24, 2.45) is 0 Å². The zero-order valence-corrected chi connectivity index (χ0v) is 11.4. The normalized spacial score (nSPS) is 9.75. The van der Waals surface area contributed by atoms with Crippen LogP contribution in [0.3, 0.4) is 0 Å². The van der Waals surface area contributed by atoms with Crippen LogP contribution in [0.4, 0.5) is 10.1 Å². The summed E-state index contributed by atoms with van der Waals surface area (Å²) < 4.78 is 18.8. The third kappa shape index (κ3) is 5.83. The van der Waals surface area contributed by atoms with E-state index < -0.39 is 11.7 Å². The Morgan fingerprint density at radius 1 is 1.50 bits per heavy atom. The lowest BCUT2D eigenvalue weighted by atomic mass is 10.2. The minimum atomic E-state index is -0.551. The number of aliphatic hydroxyl groups is 1. The van der Waals surface area contributed by atoms with Gasteiger partial charge in [-0.2, -0.15) is 0 Å². The summed E-state index contributed by atoms with van der Waals surface area (Å²) in [7, 11) is 0. The molecule has 4 nitrogen and oxygen atoms in total. The first kappa shape index (κ1) is 16.2. The summed E-state index contributed by atoms with van der Waals surface area (Å²) in [6, 6.07) is 4.30. The first-order valence-corrected chi connectivity index (χ1v) is 6.44. The number of benzene rings is 1. The van der Waals surface area contributed by atoms with Crippen LogP contribution >= 0.6 is 0 Å². The molecule has 0 fully saturated rings. The molecule has 1 aromatic carbocycles. The smallest absolute Gasteiger partial charge is 0.250 e. The molecule has 1 rings (SSSR count). The fourth-order valence-electron chi connectivity index (χ4n) is 1.41. The fraction of sp³-hybridized carbons (Fsp3) is 0.400. The van der Waals surface area contributed by atoms with Gasteiger partial charge in [0.25, 0.3) is 0 Å². The summed E-state index contributed by atoms with van der Waals surface area (Å²) in [5, 5.41) is 11.0. The minimum Gasteiger partial charge on any atom is -0.395 e. The Hall–Kier alpha value is -1.90. The van der Waals surface area contributed by atoms with Crippen molar-refractivity contribution in [1.82, 2.24) is 0 Å². The summed E-state index contributed by atoms with van der Waals surface area (Å²) in [4.78, 5) is 11.5. The molecule has 0 aliphatic rings. The van der Waals surface area contributed by atoms with Crippen molar-refractivity contribution in [2.45, 2.75) is 19.8 Å². The Labute approximate surface area is 117 Å². The average molecular weight is 279 g/mol. The number of hydrogen-bond donors (Lipinski definition) is 2. The van der Waals surface area contributed by atoms with E-state index in [9.17, 15) is 9.18 Å². The van der Waals surface area contributed by atoms with Crippen LogP contribution in [-0.4, -0.2) is 30.8 Å². The second-order valence-corrected chi connectivity index (χ2v) is 4.07. The molecule has 0 saturated carbocycles. The summed E-state index contributed by atoms with van der Waals surface area (Å²) in [5.74, 6) is 4.48. The van der Waals surface area contributed by atoms with Gasteiger partial charge in [0.2, 0.25) is 5.91 Å². The summed E-state index contributed by atoms with van der Waals surface area (Å²) in [6.07, 6.45) is 1.16. The number of carbonyl (C=O) groups is 1. The number of anilines is 1. The van der Waals surface area contributed by atoms with Crippen molar-refractivity contribution in [3.63, 3.8) is 0 Å². The first-order chi connectivity index (χ1) is 9.67. The third-order valence-electron chi connectivity index (χ3n) is 2.29. The molecule has 1 aromatic rings. The van der Waals surface area contributed by atoms with Gasteiger partial charge in [0.05, 0.1) is 12.3 Å². The van der Waals surface area contributed by atoms with Crippen LogP contribution in [0.5, 0.6) is 0 Å². The summed E-state index contributed by atoms with van der Waals surface area (Å²) >= 11 is 0. The molecule has 2 N–H and O–H groups in total. The van der Waals surface area contributed by atoms with Crippen LogP contribution < -0.4 is 5.32 Å². The Kier molecular flexibility index (Phi) is 7.33. The average Bonchev–Trinajstić information content (AvgIpc) is 2.42. The van der Waals surface area contributed by atoms with E-state index in [2.05, 4.69) is 17.2 Å². The van der Waals surface area contributed by atoms with Gasteiger partial charge < -0.3 is 15.2 Å². The van der Waals surface area contributed by atoms with Crippen molar-refractivity contribution in [3.05, 3.63) is 29.6 Å². The predicted octanol–water partition coefficient (Wildman–Crippen LogP) is 1.92. The molecule has 20 heavy (non-hydrogen) atoms. The SMILES string of the molecule is CCCOCC(=O)Nc1ccc(C#CCCO)cc1F. The maximum Gasteiger partial charge on any atom is 0.250 e. The highest BCUT2D eigenvalue weighted by Gasteiger charge is 2.07. The summed E-state index contributed by atoms with van der Waals surface area (Å²) in [6.45, 7) is 2.32. The number of ether oxygens (including phenoxy) is 1. The van der Waals surface area contributed by atoms with E-state index in [0.29, 0.717) is 18.6 Å². The highest BCUT2D eigenvalue weighted by molar-refractivity contribution is 5.91. The highest BCUT2D eigenvalue weighted by Crippen LogP contribution is 2.15. The molecule has 0 unspecified atom stereocenters. The molecular formula is C15H18FNO3. The van der Waals surface area contributed by atoms with Crippen molar-refractivity contribution in [2.75, 3.05) is 25.1 Å². The van der Waals surface area contributed by atoms with E-state index >= 15 is 0 Å². The molecule has 0 saturated heterocycles. The lowest BCUT2D eigenvalue weighted by Gasteiger charge is -2.07. The van der Waals surface area contributed by atoms with Gasteiger partial charge in [0, 0.05) is 18.6 Å². The van der Waals surface area contributed by atoms with Crippen LogP contribution in [0.2, 0.25) is 0 Å². The zero-order valence-electron chi connectivity index (χ0n) is 11.4. The summed E-state index contributed by atoms with van der Waals surface area (Å²) in [5.41, 5.74) is 0.596. The molecule has 1 amide bonds. The molecular weight excluding hydrogens is 261 g/mol. The van der Waals surface area contributed by atoms with Crippen LogP contribution in [0.1, 0.15) is 25.3 Å². The van der Waals surface area contributed by atoms with Gasteiger partial charge in [0.15, 0.2) is 0 Å². The Morgan fingerprint density at radius 2 is 2.30 bits per heavy atom. The maximum absolute atomic E-state index is 13.7. The van der Waals surface area contributed by atoms with Crippen molar-refractivity contribution >= 4 is 11.6 Å². The van der Waals surface area contributed by atoms with Gasteiger partial charge in [-0.15, -0.1) is 0 Å². The third-order valence-corrected chi connectivity index (χ3v) is 2.29. The van der Waals surface area contributed by atoms with Gasteiger partial charge in [-0.05, 0) is 24.6 Å². The number of amides is 1. The second kappa shape index (κ2) is 9.08. The molecule has 0 aliphatic heterocycles. The van der Waals surface area contributed by atoms with Crippen LogP contribution in [0.15, 0.2) is 18.2 Å². The van der Waals surface area contributed by atoms with Crippen LogP contribution in [-0.2, 0) is 9.53 Å². The van der Waals surface area contributed by atoms with Gasteiger partial charge >= 0.3 is 0 Å². The quantitative estimate of drug-likeness (QED) is 0.618. The first-order valence-electron chi connectivity index (χ1n) is 6.44. The number of hydrogen-bond acceptors (Lipinski definition) is 3. The maximum atomic E-state index is 13.7. The van der Waals surface area contributed by atoms with Gasteiger partial charge in [-0.1, -0.05) is 18.8 Å². The molecule has 0 atom stereocenters. The standard InChI is InChI=1S/C15H18FNO3/c1-2-9-20-11-15(19)17-14-7-6-12(10-13(14)16)5-3-4-8-18/h6-7,10,18H,2,4,8-9,11H2,1H3,(H,17,19). The molecule has 5 heteroatoms. The highest BCUT2D eigenvalue weighted by atomic mass is 19.1. The topological polar surface area (TPSA) is 58.6 Å². The molecule has 0 bridgehead atoms. The van der Waals surface area contributed by atoms with E-state index in [-0.39, 0.29) is 18.9 Å². The number of halogens is 1. The van der Waals surface area contributed by atoms with E-state index in [1.807, 2.05) is 6.92 Å². The largest absolute Gasteiger partial charge is 0.395 e. The number of rotatable bonds is 6. The van der Waals surface area contributed by atoms with Crippen molar-refractivity contribution < 1.29 is 19.0 Å². The molecule has 0 heterocycles. The minimum absolute atomic E-state index is 0.0264. The lowest BCUT2D eigenvalue weighted by molar-refractivity contribution is -0.120. The molecule has 0 spiro atoms. The van der Waals surface area contributed by atoms with E-state index in [1.54, 1.807) is 6.07 Å². The van der Waals surface area contributed by atoms with Gasteiger partial charge in [-0.25, -0.2) is 4.39 Å². The Balaban J connectivity index is 2.60. The predicted molar refractivity (Wildman–Crippen MR) is 74.7 cm³/mol. The van der Waals surface area contributed by atoms with Crippen molar-refractivity contribution in [3.8, 4) is 11.8 Å². The van der Waals surface area contributed by atoms with E-state index in [0.717, 1.165) is 6.42 Å². The molecule has 0 aliphatic carbocycles. The van der Waals surface area contributed by atoms with Gasteiger partial charge in [-0.3, -0.25) is 4.79 Å². The Bertz CT molecular complexity index is 506. The molecule has 108 valence electrons. The molecule has 0 radical (unpaired) electrons. The number of aliphatic hydroxyl groups excluding tert-OH is 1. The number of carbonyl (C=O) groups excluding carboxylic acids is 1. The zero-order chi connectivity index (χ0) is 14.8. The second-order valence-electron chi connectivity index (χ2n) is 4.07. The van der Waals surface area contributed by atoms with Crippen LogP contribution in [0.25, 0.3) is 0 Å². The van der Waals surface area contributed by atoms with Crippen LogP contribution in [0, 0.1) is 17.7 Å². The van der Waals surface area contributed by atoms with Crippen molar-refractivity contribution in [1.29, 1.82) is 0 Å². The fourth-order valence-corrected chi connectivity index (χ4v) is 1.41. The Morgan fingerprint density at radius 3 is 2.95 bits per heavy atom.